The summed E-state index contributed by atoms with van der Waals surface area (Å²) in [5, 5.41) is 0. The van der Waals surface area contributed by atoms with E-state index in [-0.39, 0.29) is 0 Å². The lowest BCUT2D eigenvalue weighted by molar-refractivity contribution is -0.600. The maximum Gasteiger partial charge on any atom is 0.291 e. The number of hydrogen-bond acceptors (Lipinski definition) is 2. The molecule has 0 atom stereocenters. The highest BCUT2D eigenvalue weighted by molar-refractivity contribution is 5.69. The molecule has 3 heteroatoms. The van der Waals surface area contributed by atoms with Crippen molar-refractivity contribution in [2.24, 2.45) is 0 Å². The summed E-state index contributed by atoms with van der Waals surface area (Å²) in [6, 6.07) is 3.91. The number of hydrogen-bond donors (Lipinski definition) is 0. The first kappa shape index (κ1) is 11.2. The van der Waals surface area contributed by atoms with Gasteiger partial charge in [-0.25, -0.2) is 4.57 Å². The quantitative estimate of drug-likeness (QED) is 0.591. The summed E-state index contributed by atoms with van der Waals surface area (Å²) < 4.78 is 1.94. The number of pyridine rings is 1. The summed E-state index contributed by atoms with van der Waals surface area (Å²) in [6.45, 7) is 9.59. The molecule has 0 aromatic carbocycles. The third kappa shape index (κ3) is 2.28. The average molecular weight is 224 g/mol. The van der Waals surface area contributed by atoms with Crippen LogP contribution in [-0.2, 0) is 0 Å². The molecule has 2 heterocycles. The number of aryl methyl sites for hydroxylation is 1. The Morgan fingerprint density at radius 1 is 1.47 bits per heavy atom. The molecule has 0 N–H and O–H groups in total. The second-order valence-electron chi connectivity index (χ2n) is 3.72. The van der Waals surface area contributed by atoms with E-state index < -0.39 is 0 Å². The fourth-order valence-corrected chi connectivity index (χ4v) is 1.57. The van der Waals surface area contributed by atoms with Crippen molar-refractivity contribution in [1.29, 1.82) is 0 Å². The van der Waals surface area contributed by atoms with Crippen LogP contribution < -0.4 is 4.57 Å². The van der Waals surface area contributed by atoms with Crippen LogP contribution in [0.2, 0.25) is 0 Å². The first-order valence-electron chi connectivity index (χ1n) is 5.32. The Bertz CT molecular complexity index is 573. The highest BCUT2D eigenvalue weighted by atomic mass is 15.0. The van der Waals surface area contributed by atoms with Gasteiger partial charge >= 0.3 is 0 Å². The fourth-order valence-electron chi connectivity index (χ4n) is 1.57. The fraction of sp³-hybridized carbons (Fsp3) is 0.0714. The number of aromatic nitrogens is 3. The van der Waals surface area contributed by atoms with Gasteiger partial charge in [-0.05, 0) is 24.6 Å². The van der Waals surface area contributed by atoms with Crippen LogP contribution in [0.1, 0.15) is 11.3 Å². The molecule has 0 radical (unpaired) electrons. The van der Waals surface area contributed by atoms with Gasteiger partial charge in [0.2, 0.25) is 0 Å². The molecule has 0 unspecified atom stereocenters. The third-order valence-electron chi connectivity index (χ3n) is 2.56. The van der Waals surface area contributed by atoms with Crippen LogP contribution in [0.25, 0.3) is 11.3 Å². The van der Waals surface area contributed by atoms with E-state index >= 15 is 0 Å². The molecule has 17 heavy (non-hydrogen) atoms. The smallest absolute Gasteiger partial charge is 0.257 e. The van der Waals surface area contributed by atoms with E-state index in [9.17, 15) is 0 Å². The topological polar surface area (TPSA) is 29.7 Å². The second kappa shape index (κ2) is 4.70. The van der Waals surface area contributed by atoms with E-state index in [1.165, 1.54) is 0 Å². The molecular formula is C14H14N3+. The summed E-state index contributed by atoms with van der Waals surface area (Å²) in [6.07, 6.45) is 8.99. The molecule has 3 nitrogen and oxygen atoms in total. The lowest BCUT2D eigenvalue weighted by Gasteiger charge is -2.03. The minimum Gasteiger partial charge on any atom is -0.257 e. The standard InChI is InChI=1S/C14H14N3/c1-4-11(2)13-8-15-10-17(9-13)14-6-5-7-16-12(14)3/h4-10H,1-2H2,3H3/q+1. The molecule has 0 saturated carbocycles. The molecule has 0 saturated heterocycles. The predicted octanol–water partition coefficient (Wildman–Crippen LogP) is 2.26. The van der Waals surface area contributed by atoms with Crippen molar-refractivity contribution in [3.05, 3.63) is 67.5 Å². The molecule has 0 bridgehead atoms. The van der Waals surface area contributed by atoms with Crippen LogP contribution in [0.4, 0.5) is 0 Å². The Balaban J connectivity index is 2.51. The largest absolute Gasteiger partial charge is 0.291 e. The first-order chi connectivity index (χ1) is 8.22. The zero-order valence-corrected chi connectivity index (χ0v) is 9.80. The molecule has 2 aromatic heterocycles. The highest BCUT2D eigenvalue weighted by Crippen LogP contribution is 2.10. The van der Waals surface area contributed by atoms with E-state index in [1.807, 2.05) is 29.8 Å². The minimum atomic E-state index is 0.855. The monoisotopic (exact) mass is 224 g/mol. The van der Waals surface area contributed by atoms with E-state index in [1.54, 1.807) is 24.8 Å². The van der Waals surface area contributed by atoms with Gasteiger partial charge in [-0.15, -0.1) is 0 Å². The van der Waals surface area contributed by atoms with Gasteiger partial charge in [-0.1, -0.05) is 24.2 Å². The molecule has 84 valence electrons. The van der Waals surface area contributed by atoms with Crippen molar-refractivity contribution in [2.45, 2.75) is 6.92 Å². The number of rotatable bonds is 3. The molecular weight excluding hydrogens is 210 g/mol. The number of nitrogens with zero attached hydrogens (tertiary/aromatic N) is 3. The second-order valence-corrected chi connectivity index (χ2v) is 3.72. The van der Waals surface area contributed by atoms with Crippen LogP contribution in [0, 0.1) is 6.92 Å². The third-order valence-corrected chi connectivity index (χ3v) is 2.56. The van der Waals surface area contributed by atoms with Crippen LogP contribution in [0.5, 0.6) is 0 Å². The summed E-state index contributed by atoms with van der Waals surface area (Å²) in [7, 11) is 0. The maximum absolute atomic E-state index is 4.26. The van der Waals surface area contributed by atoms with Crippen LogP contribution in [0.3, 0.4) is 0 Å². The Morgan fingerprint density at radius 2 is 2.29 bits per heavy atom. The van der Waals surface area contributed by atoms with Gasteiger partial charge < -0.3 is 0 Å². The average Bonchev–Trinajstić information content (AvgIpc) is 2.38. The zero-order valence-electron chi connectivity index (χ0n) is 9.80. The Kier molecular flexibility index (Phi) is 3.10. The molecule has 2 rings (SSSR count). The van der Waals surface area contributed by atoms with Gasteiger partial charge in [-0.3, -0.25) is 4.98 Å². The summed E-state index contributed by atoms with van der Waals surface area (Å²) in [5.74, 6) is 0. The van der Waals surface area contributed by atoms with E-state index in [0.29, 0.717) is 0 Å². The zero-order chi connectivity index (χ0) is 12.3. The van der Waals surface area contributed by atoms with Gasteiger partial charge in [0.05, 0.1) is 11.3 Å². The molecule has 0 amide bonds. The van der Waals surface area contributed by atoms with Crippen molar-refractivity contribution >= 4 is 5.57 Å². The SMILES string of the molecule is C=CC(=C)c1cnc[n+](-c2cccnc2C)c1. The van der Waals surface area contributed by atoms with Crippen molar-refractivity contribution in [2.75, 3.05) is 0 Å². The van der Waals surface area contributed by atoms with Crippen molar-refractivity contribution in [3.63, 3.8) is 0 Å². The molecule has 0 aliphatic heterocycles. The van der Waals surface area contributed by atoms with Crippen LogP contribution in [0.15, 0.2) is 56.3 Å². The van der Waals surface area contributed by atoms with E-state index in [2.05, 4.69) is 23.1 Å². The molecule has 0 fully saturated rings. The lowest BCUT2D eigenvalue weighted by Crippen LogP contribution is -2.32. The Labute approximate surface area is 101 Å². The van der Waals surface area contributed by atoms with Gasteiger partial charge in [0.25, 0.3) is 6.33 Å². The van der Waals surface area contributed by atoms with Gasteiger partial charge in [0, 0.05) is 6.20 Å². The lowest BCUT2D eigenvalue weighted by atomic mass is 10.1. The van der Waals surface area contributed by atoms with Crippen molar-refractivity contribution < 1.29 is 4.57 Å². The predicted molar refractivity (Wildman–Crippen MR) is 67.5 cm³/mol. The van der Waals surface area contributed by atoms with Gasteiger partial charge in [0.1, 0.15) is 6.20 Å². The minimum absolute atomic E-state index is 0.855. The summed E-state index contributed by atoms with van der Waals surface area (Å²) in [4.78, 5) is 8.46. The molecule has 0 aliphatic carbocycles. The summed E-state index contributed by atoms with van der Waals surface area (Å²) in [5.41, 5.74) is 3.78. The Morgan fingerprint density at radius 3 is 3.00 bits per heavy atom. The first-order valence-corrected chi connectivity index (χ1v) is 5.32. The highest BCUT2D eigenvalue weighted by Gasteiger charge is 2.09. The molecule has 0 aliphatic rings. The molecule has 0 spiro atoms. The van der Waals surface area contributed by atoms with Crippen LogP contribution in [-0.4, -0.2) is 9.97 Å². The molecule has 2 aromatic rings. The van der Waals surface area contributed by atoms with E-state index in [4.69, 9.17) is 0 Å². The summed E-state index contributed by atoms with van der Waals surface area (Å²) >= 11 is 0. The van der Waals surface area contributed by atoms with E-state index in [0.717, 1.165) is 22.5 Å². The van der Waals surface area contributed by atoms with Crippen LogP contribution >= 0.6 is 0 Å². The maximum atomic E-state index is 4.26. The van der Waals surface area contributed by atoms with Crippen molar-refractivity contribution in [3.8, 4) is 5.69 Å². The van der Waals surface area contributed by atoms with Gasteiger partial charge in [-0.2, -0.15) is 0 Å². The van der Waals surface area contributed by atoms with Crippen molar-refractivity contribution in [1.82, 2.24) is 9.97 Å². The normalized spacial score (nSPS) is 9.94. The Hall–Kier alpha value is -2.29. The van der Waals surface area contributed by atoms with Gasteiger partial charge in [0.15, 0.2) is 11.9 Å². The number of allylic oxidation sites excluding steroid dienone is 2.